The largest absolute Gasteiger partial charge is 0.371 e. The molecule has 0 atom stereocenters. The van der Waals surface area contributed by atoms with E-state index < -0.39 is 5.54 Å². The second-order valence-electron chi connectivity index (χ2n) is 4.67. The summed E-state index contributed by atoms with van der Waals surface area (Å²) in [7, 11) is 0. The minimum absolute atomic E-state index is 0.596. The van der Waals surface area contributed by atoms with Crippen LogP contribution in [0.4, 0.5) is 5.69 Å². The van der Waals surface area contributed by atoms with Gasteiger partial charge in [0, 0.05) is 18.8 Å². The first-order valence-electron chi connectivity index (χ1n) is 5.70. The van der Waals surface area contributed by atoms with Gasteiger partial charge in [-0.3, -0.25) is 0 Å². The van der Waals surface area contributed by atoms with Gasteiger partial charge in [0.15, 0.2) is 0 Å². The summed E-state index contributed by atoms with van der Waals surface area (Å²) in [5, 5.41) is 0. The molecule has 1 aliphatic rings. The van der Waals surface area contributed by atoms with Crippen LogP contribution in [0.5, 0.6) is 0 Å². The minimum atomic E-state index is -0.596. The van der Waals surface area contributed by atoms with Crippen molar-refractivity contribution in [2.75, 3.05) is 18.0 Å². The van der Waals surface area contributed by atoms with Crippen molar-refractivity contribution >= 4 is 12.0 Å². The van der Waals surface area contributed by atoms with Crippen LogP contribution in [-0.2, 0) is 4.79 Å². The highest BCUT2D eigenvalue weighted by Gasteiger charge is 2.30. The molecule has 0 aromatic heterocycles. The van der Waals surface area contributed by atoms with Gasteiger partial charge in [0.25, 0.3) is 0 Å². The molecule has 0 saturated carbocycles. The van der Waals surface area contributed by atoms with Crippen molar-refractivity contribution in [1.29, 1.82) is 0 Å². The van der Waals surface area contributed by atoms with Crippen molar-refractivity contribution in [1.82, 2.24) is 0 Å². The summed E-state index contributed by atoms with van der Waals surface area (Å²) in [4.78, 5) is 13.1. The Labute approximate surface area is 96.2 Å². The number of nitrogens with zero attached hydrogens (tertiary/aromatic N) is 1. The van der Waals surface area contributed by atoms with Gasteiger partial charge in [0.1, 0.15) is 6.29 Å². The monoisotopic (exact) mass is 218 g/mol. The molecule has 1 heterocycles. The molecule has 3 heteroatoms. The Bertz CT molecular complexity index is 364. The van der Waals surface area contributed by atoms with Crippen molar-refractivity contribution in [2.45, 2.75) is 25.3 Å². The molecule has 1 saturated heterocycles. The smallest absolute Gasteiger partial charge is 0.139 e. The lowest BCUT2D eigenvalue weighted by atomic mass is 9.90. The number of hydrogen-bond acceptors (Lipinski definition) is 3. The van der Waals surface area contributed by atoms with Crippen LogP contribution < -0.4 is 10.6 Å². The normalized spacial score (nSPS) is 19.5. The molecule has 16 heavy (non-hydrogen) atoms. The van der Waals surface area contributed by atoms with Crippen LogP contribution in [0.2, 0.25) is 0 Å². The van der Waals surface area contributed by atoms with Gasteiger partial charge in [-0.15, -0.1) is 0 Å². The summed E-state index contributed by atoms with van der Waals surface area (Å²) in [5.74, 6) is 0. The third-order valence-corrected chi connectivity index (χ3v) is 3.33. The Morgan fingerprint density at radius 2 is 1.81 bits per heavy atom. The highest BCUT2D eigenvalue weighted by atomic mass is 16.1. The van der Waals surface area contributed by atoms with E-state index in [0.717, 1.165) is 32.2 Å². The Morgan fingerprint density at radius 3 is 2.31 bits per heavy atom. The highest BCUT2D eigenvalue weighted by Crippen LogP contribution is 2.23. The molecule has 3 nitrogen and oxygen atoms in total. The minimum Gasteiger partial charge on any atom is -0.371 e. The van der Waals surface area contributed by atoms with E-state index in [-0.39, 0.29) is 0 Å². The number of hydrogen-bond donors (Lipinski definition) is 1. The molecule has 0 unspecified atom stereocenters. The molecule has 1 aromatic carbocycles. The number of carbonyl (C=O) groups is 1. The molecular formula is C13H18N2O. The van der Waals surface area contributed by atoms with E-state index in [2.05, 4.69) is 36.1 Å². The predicted octanol–water partition coefficient (Wildman–Crippen LogP) is 1.49. The molecular weight excluding hydrogens is 200 g/mol. The Balaban J connectivity index is 2.04. The van der Waals surface area contributed by atoms with Crippen LogP contribution in [0.25, 0.3) is 0 Å². The Kier molecular flexibility index (Phi) is 2.97. The standard InChI is InChI=1S/C13H18N2O/c1-11-2-4-12(5-3-11)15-8-6-13(14,10-16)7-9-15/h2-5,10H,6-9,14H2,1H3. The van der Waals surface area contributed by atoms with Crippen LogP contribution in [0.15, 0.2) is 24.3 Å². The third-order valence-electron chi connectivity index (χ3n) is 3.33. The fraction of sp³-hybridized carbons (Fsp3) is 0.462. The average molecular weight is 218 g/mol. The van der Waals surface area contributed by atoms with E-state index in [1.807, 2.05) is 0 Å². The lowest BCUT2D eigenvalue weighted by Crippen LogP contribution is -2.51. The summed E-state index contributed by atoms with van der Waals surface area (Å²) in [6.45, 7) is 3.80. The van der Waals surface area contributed by atoms with Gasteiger partial charge in [-0.25, -0.2) is 0 Å². The molecule has 0 bridgehead atoms. The number of rotatable bonds is 2. The van der Waals surface area contributed by atoms with Crippen molar-refractivity contribution in [3.63, 3.8) is 0 Å². The van der Waals surface area contributed by atoms with Crippen LogP contribution in [0.3, 0.4) is 0 Å². The first-order chi connectivity index (χ1) is 7.63. The average Bonchev–Trinajstić information content (AvgIpc) is 2.32. The maximum Gasteiger partial charge on any atom is 0.139 e. The number of carbonyl (C=O) groups excluding carboxylic acids is 1. The zero-order chi connectivity index (χ0) is 11.6. The van der Waals surface area contributed by atoms with Crippen LogP contribution >= 0.6 is 0 Å². The lowest BCUT2D eigenvalue weighted by Gasteiger charge is -2.37. The highest BCUT2D eigenvalue weighted by molar-refractivity contribution is 5.65. The predicted molar refractivity (Wildman–Crippen MR) is 65.6 cm³/mol. The molecule has 0 spiro atoms. The molecule has 1 aliphatic heterocycles. The molecule has 0 radical (unpaired) electrons. The number of aldehydes is 1. The molecule has 0 amide bonds. The van der Waals surface area contributed by atoms with Gasteiger partial charge < -0.3 is 15.4 Å². The van der Waals surface area contributed by atoms with Crippen molar-refractivity contribution in [3.8, 4) is 0 Å². The summed E-state index contributed by atoms with van der Waals surface area (Å²) in [6.07, 6.45) is 2.38. The Morgan fingerprint density at radius 1 is 1.25 bits per heavy atom. The van der Waals surface area contributed by atoms with Crippen LogP contribution in [0, 0.1) is 6.92 Å². The van der Waals surface area contributed by atoms with E-state index in [9.17, 15) is 4.79 Å². The number of piperidine rings is 1. The molecule has 2 N–H and O–H groups in total. The maximum absolute atomic E-state index is 10.8. The second-order valence-corrected chi connectivity index (χ2v) is 4.67. The Hall–Kier alpha value is -1.35. The SMILES string of the molecule is Cc1ccc(N2CCC(N)(C=O)CC2)cc1. The van der Waals surface area contributed by atoms with Crippen molar-refractivity contribution < 1.29 is 4.79 Å². The number of nitrogens with two attached hydrogens (primary N) is 1. The van der Waals surface area contributed by atoms with Crippen molar-refractivity contribution in [3.05, 3.63) is 29.8 Å². The fourth-order valence-electron chi connectivity index (χ4n) is 2.05. The summed E-state index contributed by atoms with van der Waals surface area (Å²) in [6, 6.07) is 8.47. The first-order valence-corrected chi connectivity index (χ1v) is 5.70. The van der Waals surface area contributed by atoms with Crippen LogP contribution in [-0.4, -0.2) is 24.9 Å². The van der Waals surface area contributed by atoms with Gasteiger partial charge in [-0.1, -0.05) is 17.7 Å². The van der Waals surface area contributed by atoms with Gasteiger partial charge in [0.2, 0.25) is 0 Å². The molecule has 1 aromatic rings. The summed E-state index contributed by atoms with van der Waals surface area (Å²) < 4.78 is 0. The van der Waals surface area contributed by atoms with Gasteiger partial charge in [0.05, 0.1) is 5.54 Å². The van der Waals surface area contributed by atoms with Gasteiger partial charge in [-0.05, 0) is 31.9 Å². The van der Waals surface area contributed by atoms with E-state index >= 15 is 0 Å². The lowest BCUT2D eigenvalue weighted by molar-refractivity contribution is -0.112. The zero-order valence-electron chi connectivity index (χ0n) is 9.65. The van der Waals surface area contributed by atoms with Gasteiger partial charge in [-0.2, -0.15) is 0 Å². The molecule has 1 fully saturated rings. The molecule has 0 aliphatic carbocycles. The maximum atomic E-state index is 10.8. The summed E-state index contributed by atoms with van der Waals surface area (Å²) >= 11 is 0. The molecule has 86 valence electrons. The topological polar surface area (TPSA) is 46.3 Å². The van der Waals surface area contributed by atoms with Crippen molar-refractivity contribution in [2.24, 2.45) is 5.73 Å². The number of anilines is 1. The third kappa shape index (κ3) is 2.25. The molecule has 2 rings (SSSR count). The first kappa shape index (κ1) is 11.1. The number of benzene rings is 1. The van der Waals surface area contributed by atoms with E-state index in [1.54, 1.807) is 0 Å². The second kappa shape index (κ2) is 4.26. The van der Waals surface area contributed by atoms with E-state index in [0.29, 0.717) is 0 Å². The van der Waals surface area contributed by atoms with E-state index in [1.165, 1.54) is 11.3 Å². The number of aryl methyl sites for hydroxylation is 1. The zero-order valence-corrected chi connectivity index (χ0v) is 9.65. The van der Waals surface area contributed by atoms with Crippen LogP contribution in [0.1, 0.15) is 18.4 Å². The fourth-order valence-corrected chi connectivity index (χ4v) is 2.05. The summed E-state index contributed by atoms with van der Waals surface area (Å²) in [5.41, 5.74) is 7.82. The van der Waals surface area contributed by atoms with E-state index in [4.69, 9.17) is 5.73 Å². The van der Waals surface area contributed by atoms with Gasteiger partial charge >= 0.3 is 0 Å². The quantitative estimate of drug-likeness (QED) is 0.765.